The molecule has 0 saturated carbocycles. The lowest BCUT2D eigenvalue weighted by Crippen LogP contribution is -2.32. The van der Waals surface area contributed by atoms with Crippen LogP contribution >= 0.6 is 11.6 Å². The molecule has 10 heteroatoms. The van der Waals surface area contributed by atoms with Crippen LogP contribution < -0.4 is 10.6 Å². The van der Waals surface area contributed by atoms with Crippen molar-refractivity contribution in [1.29, 1.82) is 0 Å². The summed E-state index contributed by atoms with van der Waals surface area (Å²) in [7, 11) is 0. The van der Waals surface area contributed by atoms with E-state index in [1.54, 1.807) is 0 Å². The van der Waals surface area contributed by atoms with Gasteiger partial charge in [0.2, 0.25) is 0 Å². The van der Waals surface area contributed by atoms with Crippen LogP contribution in [0.1, 0.15) is 41.3 Å². The van der Waals surface area contributed by atoms with Gasteiger partial charge in [-0.3, -0.25) is 24.5 Å². The fourth-order valence-electron chi connectivity index (χ4n) is 2.76. The second-order valence-electron chi connectivity index (χ2n) is 7.01. The van der Waals surface area contributed by atoms with Crippen molar-refractivity contribution in [2.24, 2.45) is 0 Å². The van der Waals surface area contributed by atoms with Crippen molar-refractivity contribution in [3.05, 3.63) is 68.2 Å². The summed E-state index contributed by atoms with van der Waals surface area (Å²) in [5.41, 5.74) is 2.06. The molecule has 0 heterocycles. The van der Waals surface area contributed by atoms with E-state index < -0.39 is 41.5 Å². The van der Waals surface area contributed by atoms with Crippen LogP contribution in [0.3, 0.4) is 0 Å². The van der Waals surface area contributed by atoms with Gasteiger partial charge in [-0.2, -0.15) is 0 Å². The molecule has 2 amide bonds. The zero-order valence-electron chi connectivity index (χ0n) is 17.2. The summed E-state index contributed by atoms with van der Waals surface area (Å²) in [5, 5.41) is 15.8. The van der Waals surface area contributed by atoms with Gasteiger partial charge < -0.3 is 15.4 Å². The number of esters is 1. The first-order valence-electron chi connectivity index (χ1n) is 9.37. The second-order valence-corrected chi connectivity index (χ2v) is 7.42. The van der Waals surface area contributed by atoms with Crippen molar-refractivity contribution >= 4 is 40.8 Å². The third-order valence-electron chi connectivity index (χ3n) is 4.35. The summed E-state index contributed by atoms with van der Waals surface area (Å²) in [5.74, 6) is -1.87. The second kappa shape index (κ2) is 10.5. The third kappa shape index (κ3) is 6.51. The number of nitro benzene ring substituents is 1. The monoisotopic (exact) mass is 447 g/mol. The molecule has 2 aromatic rings. The Balaban J connectivity index is 1.88. The van der Waals surface area contributed by atoms with Gasteiger partial charge in [0.15, 0.2) is 6.61 Å². The van der Waals surface area contributed by atoms with Crippen molar-refractivity contribution in [1.82, 2.24) is 5.32 Å². The first-order valence-corrected chi connectivity index (χ1v) is 9.75. The van der Waals surface area contributed by atoms with Gasteiger partial charge in [0, 0.05) is 17.3 Å². The van der Waals surface area contributed by atoms with E-state index in [2.05, 4.69) is 10.6 Å². The summed E-state index contributed by atoms with van der Waals surface area (Å²) < 4.78 is 4.89. The van der Waals surface area contributed by atoms with Crippen LogP contribution in [0.25, 0.3) is 0 Å². The Kier molecular flexibility index (Phi) is 8.09. The van der Waals surface area contributed by atoms with Crippen molar-refractivity contribution in [2.75, 3.05) is 18.5 Å². The number of aryl methyl sites for hydroxylation is 1. The minimum atomic E-state index is -0.833. The molecule has 2 N–H and O–H groups in total. The number of rotatable bonds is 8. The Morgan fingerprint density at radius 3 is 2.55 bits per heavy atom. The van der Waals surface area contributed by atoms with E-state index in [0.717, 1.165) is 17.2 Å². The summed E-state index contributed by atoms with van der Waals surface area (Å²) in [6.45, 7) is 4.84. The average molecular weight is 448 g/mol. The van der Waals surface area contributed by atoms with Gasteiger partial charge in [0.1, 0.15) is 11.6 Å². The quantitative estimate of drug-likeness (QED) is 0.361. The first kappa shape index (κ1) is 23.8. The van der Waals surface area contributed by atoms with Gasteiger partial charge in [0.05, 0.1) is 4.92 Å². The maximum atomic E-state index is 12.2. The number of hydrogen-bond acceptors (Lipinski definition) is 6. The Morgan fingerprint density at radius 1 is 1.19 bits per heavy atom. The Labute approximate surface area is 183 Å². The topological polar surface area (TPSA) is 128 Å². The standard InChI is InChI=1S/C21H22ClN3O6/c1-12(2)15-6-4-5-13(3)20(15)24-18(26)11-31-19(27)10-23-21(28)14-7-8-16(22)17(9-14)25(29)30/h4-9,12H,10-11H2,1-3H3,(H,23,28)(H,24,26). The molecule has 0 saturated heterocycles. The third-order valence-corrected chi connectivity index (χ3v) is 4.67. The van der Waals surface area contributed by atoms with Crippen LogP contribution in [0, 0.1) is 17.0 Å². The molecule has 2 rings (SSSR count). The van der Waals surface area contributed by atoms with E-state index in [-0.39, 0.29) is 16.5 Å². The smallest absolute Gasteiger partial charge is 0.325 e. The maximum absolute atomic E-state index is 12.2. The molecule has 0 bridgehead atoms. The largest absolute Gasteiger partial charge is 0.454 e. The zero-order chi connectivity index (χ0) is 23.1. The van der Waals surface area contributed by atoms with E-state index in [9.17, 15) is 24.5 Å². The number of carbonyl (C=O) groups excluding carboxylic acids is 3. The van der Waals surface area contributed by atoms with Crippen molar-refractivity contribution in [3.8, 4) is 0 Å². The molecule has 9 nitrogen and oxygen atoms in total. The molecule has 164 valence electrons. The number of carbonyl (C=O) groups is 3. The van der Waals surface area contributed by atoms with Crippen LogP contribution in [0.4, 0.5) is 11.4 Å². The molecule has 0 aliphatic rings. The molecule has 0 aromatic heterocycles. The lowest BCUT2D eigenvalue weighted by molar-refractivity contribution is -0.384. The highest BCUT2D eigenvalue weighted by Crippen LogP contribution is 2.27. The molecular formula is C21H22ClN3O6. The normalized spacial score (nSPS) is 10.5. The number of benzene rings is 2. The number of halogens is 1. The predicted octanol–water partition coefficient (Wildman–Crippen LogP) is 3.59. The van der Waals surface area contributed by atoms with Gasteiger partial charge >= 0.3 is 5.97 Å². The number of para-hydroxylation sites is 1. The fraction of sp³-hybridized carbons (Fsp3) is 0.286. The number of nitrogens with one attached hydrogen (secondary N) is 2. The SMILES string of the molecule is Cc1cccc(C(C)C)c1NC(=O)COC(=O)CNC(=O)c1ccc(Cl)c([N+](=O)[O-])c1. The minimum Gasteiger partial charge on any atom is -0.454 e. The lowest BCUT2D eigenvalue weighted by atomic mass is 9.98. The van der Waals surface area contributed by atoms with Crippen LogP contribution in [0.15, 0.2) is 36.4 Å². The van der Waals surface area contributed by atoms with Crippen molar-refractivity contribution in [2.45, 2.75) is 26.7 Å². The van der Waals surface area contributed by atoms with E-state index in [4.69, 9.17) is 16.3 Å². The van der Waals surface area contributed by atoms with Gasteiger partial charge in [0.25, 0.3) is 17.5 Å². The minimum absolute atomic E-state index is 0.0394. The highest BCUT2D eigenvalue weighted by atomic mass is 35.5. The van der Waals surface area contributed by atoms with Crippen LogP contribution in [0.2, 0.25) is 5.02 Å². The molecule has 0 unspecified atom stereocenters. The Bertz CT molecular complexity index is 1020. The number of anilines is 1. The van der Waals surface area contributed by atoms with Gasteiger partial charge in [-0.1, -0.05) is 43.6 Å². The number of amides is 2. The van der Waals surface area contributed by atoms with E-state index in [1.807, 2.05) is 39.0 Å². The first-order chi connectivity index (χ1) is 14.6. The molecule has 0 aliphatic heterocycles. The van der Waals surface area contributed by atoms with Gasteiger partial charge in [-0.15, -0.1) is 0 Å². The molecule has 0 spiro atoms. The highest BCUT2D eigenvalue weighted by Gasteiger charge is 2.18. The molecule has 0 fully saturated rings. The number of nitro groups is 1. The molecule has 0 radical (unpaired) electrons. The highest BCUT2D eigenvalue weighted by molar-refractivity contribution is 6.32. The average Bonchev–Trinajstić information content (AvgIpc) is 2.71. The van der Waals surface area contributed by atoms with Crippen molar-refractivity contribution in [3.63, 3.8) is 0 Å². The molecule has 31 heavy (non-hydrogen) atoms. The van der Waals surface area contributed by atoms with Crippen LogP contribution in [-0.4, -0.2) is 35.9 Å². The fourth-order valence-corrected chi connectivity index (χ4v) is 2.95. The summed E-state index contributed by atoms with van der Waals surface area (Å²) >= 11 is 5.70. The number of ether oxygens (including phenoxy) is 1. The van der Waals surface area contributed by atoms with E-state index in [0.29, 0.717) is 5.69 Å². The summed E-state index contributed by atoms with van der Waals surface area (Å²) in [4.78, 5) is 46.3. The lowest BCUT2D eigenvalue weighted by Gasteiger charge is -2.16. The Hall–Kier alpha value is -3.46. The maximum Gasteiger partial charge on any atom is 0.325 e. The van der Waals surface area contributed by atoms with Crippen LogP contribution in [0.5, 0.6) is 0 Å². The van der Waals surface area contributed by atoms with Crippen LogP contribution in [-0.2, 0) is 14.3 Å². The molecular weight excluding hydrogens is 426 g/mol. The molecule has 0 aliphatic carbocycles. The zero-order valence-corrected chi connectivity index (χ0v) is 18.0. The molecule has 2 aromatic carbocycles. The van der Waals surface area contributed by atoms with Gasteiger partial charge in [-0.25, -0.2) is 0 Å². The Morgan fingerprint density at radius 2 is 1.90 bits per heavy atom. The summed E-state index contributed by atoms with van der Waals surface area (Å²) in [6, 6.07) is 9.19. The van der Waals surface area contributed by atoms with E-state index in [1.165, 1.54) is 12.1 Å². The summed E-state index contributed by atoms with van der Waals surface area (Å²) in [6.07, 6.45) is 0. The number of nitrogens with zero attached hydrogens (tertiary/aromatic N) is 1. The number of hydrogen-bond donors (Lipinski definition) is 2. The van der Waals surface area contributed by atoms with Crippen molar-refractivity contribution < 1.29 is 24.0 Å². The molecule has 0 atom stereocenters. The predicted molar refractivity (Wildman–Crippen MR) is 115 cm³/mol. The van der Waals surface area contributed by atoms with Gasteiger partial charge in [-0.05, 0) is 36.1 Å². The van der Waals surface area contributed by atoms with E-state index >= 15 is 0 Å².